The fourth-order valence-corrected chi connectivity index (χ4v) is 2.33. The summed E-state index contributed by atoms with van der Waals surface area (Å²) in [5.74, 6) is -1.07. The third-order valence-electron chi connectivity index (χ3n) is 3.16. The summed E-state index contributed by atoms with van der Waals surface area (Å²) in [5.41, 5.74) is 1.23. The molecule has 0 saturated carbocycles. The zero-order chi connectivity index (χ0) is 15.7. The van der Waals surface area contributed by atoms with E-state index in [-0.39, 0.29) is 22.8 Å². The Hall–Kier alpha value is -2.41. The summed E-state index contributed by atoms with van der Waals surface area (Å²) in [6.07, 6.45) is 0. The number of carbonyl (C=O) groups is 1. The largest absolute Gasteiger partial charge is 0.478 e. The maximum Gasteiger partial charge on any atom is 0.339 e. The first-order valence-electron chi connectivity index (χ1n) is 6.01. The van der Waals surface area contributed by atoms with E-state index in [0.29, 0.717) is 17.0 Å². The monoisotopic (exact) mass is 309 g/mol. The van der Waals surface area contributed by atoms with Crippen molar-refractivity contribution >= 4 is 23.3 Å². The van der Waals surface area contributed by atoms with Crippen molar-refractivity contribution in [1.82, 2.24) is 9.78 Å². The molecule has 0 bridgehead atoms. The Morgan fingerprint density at radius 2 is 2.14 bits per heavy atom. The molecule has 0 saturated heterocycles. The first-order chi connectivity index (χ1) is 9.81. The lowest BCUT2D eigenvalue weighted by molar-refractivity contribution is -0.385. The second kappa shape index (κ2) is 5.53. The van der Waals surface area contributed by atoms with Crippen LogP contribution in [0.1, 0.15) is 27.3 Å². The van der Waals surface area contributed by atoms with Crippen LogP contribution in [0.5, 0.6) is 0 Å². The van der Waals surface area contributed by atoms with Crippen molar-refractivity contribution in [2.24, 2.45) is 0 Å². The Morgan fingerprint density at radius 3 is 2.67 bits per heavy atom. The van der Waals surface area contributed by atoms with E-state index < -0.39 is 10.9 Å². The molecule has 0 radical (unpaired) electrons. The number of nitro groups is 1. The molecule has 1 aromatic carbocycles. The van der Waals surface area contributed by atoms with E-state index in [4.69, 9.17) is 16.7 Å². The van der Waals surface area contributed by atoms with Crippen LogP contribution in [-0.2, 0) is 6.54 Å². The number of halogens is 1. The highest BCUT2D eigenvalue weighted by Gasteiger charge is 2.20. The number of aromatic nitrogens is 2. The van der Waals surface area contributed by atoms with E-state index in [9.17, 15) is 14.9 Å². The first kappa shape index (κ1) is 15.0. The van der Waals surface area contributed by atoms with Gasteiger partial charge in [0.15, 0.2) is 0 Å². The number of aromatic carboxylic acids is 1. The van der Waals surface area contributed by atoms with Crippen molar-refractivity contribution in [1.29, 1.82) is 0 Å². The van der Waals surface area contributed by atoms with Crippen molar-refractivity contribution in [2.75, 3.05) is 0 Å². The third kappa shape index (κ3) is 2.87. The Bertz CT molecular complexity index is 739. The molecule has 1 heterocycles. The van der Waals surface area contributed by atoms with Crippen LogP contribution in [0.15, 0.2) is 18.2 Å². The van der Waals surface area contributed by atoms with Gasteiger partial charge in [-0.2, -0.15) is 5.10 Å². The summed E-state index contributed by atoms with van der Waals surface area (Å²) in [4.78, 5) is 21.7. The Balaban J connectivity index is 2.46. The van der Waals surface area contributed by atoms with E-state index in [0.717, 1.165) is 0 Å². The molecule has 7 nitrogen and oxygen atoms in total. The minimum atomic E-state index is -1.07. The molecule has 0 aliphatic heterocycles. The summed E-state index contributed by atoms with van der Waals surface area (Å²) >= 11 is 5.76. The lowest BCUT2D eigenvalue weighted by Gasteiger charge is -2.06. The van der Waals surface area contributed by atoms with E-state index in [2.05, 4.69) is 5.10 Å². The van der Waals surface area contributed by atoms with Crippen LogP contribution in [-0.4, -0.2) is 25.8 Å². The quantitative estimate of drug-likeness (QED) is 0.691. The zero-order valence-corrected chi connectivity index (χ0v) is 12.1. The second-order valence-electron chi connectivity index (χ2n) is 4.54. The smallest absolute Gasteiger partial charge is 0.339 e. The van der Waals surface area contributed by atoms with Gasteiger partial charge in [-0.1, -0.05) is 11.6 Å². The number of hydrogen-bond donors (Lipinski definition) is 1. The predicted molar refractivity (Wildman–Crippen MR) is 75.9 cm³/mol. The maximum atomic E-state index is 11.1. The van der Waals surface area contributed by atoms with Gasteiger partial charge in [0.05, 0.1) is 28.4 Å². The fraction of sp³-hybridized carbons (Fsp3) is 0.231. The highest BCUT2D eigenvalue weighted by Crippen LogP contribution is 2.25. The van der Waals surface area contributed by atoms with Gasteiger partial charge in [0.25, 0.3) is 5.69 Å². The minimum absolute atomic E-state index is 0.105. The van der Waals surface area contributed by atoms with Crippen LogP contribution >= 0.6 is 11.6 Å². The lowest BCUT2D eigenvalue weighted by atomic mass is 10.1. The molecule has 0 atom stereocenters. The Kier molecular flexibility index (Phi) is 3.95. The SMILES string of the molecule is Cc1nn(Cc2ccc(Cl)cc2[N+](=O)[O-])c(C)c1C(=O)O. The van der Waals surface area contributed by atoms with E-state index in [1.165, 1.54) is 16.8 Å². The topological polar surface area (TPSA) is 98.3 Å². The van der Waals surface area contributed by atoms with Crippen molar-refractivity contribution in [3.63, 3.8) is 0 Å². The van der Waals surface area contributed by atoms with E-state index in [1.54, 1.807) is 19.9 Å². The number of nitro benzene ring substituents is 1. The van der Waals surface area contributed by atoms with E-state index in [1.807, 2.05) is 0 Å². The number of carboxylic acids is 1. The molecule has 1 N–H and O–H groups in total. The fourth-order valence-electron chi connectivity index (χ4n) is 2.16. The summed E-state index contributed by atoms with van der Waals surface area (Å²) in [5, 5.41) is 24.6. The number of aryl methyl sites for hydroxylation is 1. The maximum absolute atomic E-state index is 11.1. The number of hydrogen-bond acceptors (Lipinski definition) is 4. The second-order valence-corrected chi connectivity index (χ2v) is 4.98. The molecule has 0 aliphatic carbocycles. The van der Waals surface area contributed by atoms with Crippen LogP contribution in [0.3, 0.4) is 0 Å². The van der Waals surface area contributed by atoms with Crippen LogP contribution < -0.4 is 0 Å². The van der Waals surface area contributed by atoms with Gasteiger partial charge in [0, 0.05) is 11.1 Å². The molecule has 110 valence electrons. The minimum Gasteiger partial charge on any atom is -0.478 e. The van der Waals surface area contributed by atoms with Crippen molar-refractivity contribution in [2.45, 2.75) is 20.4 Å². The Labute approximate surface area is 124 Å². The normalized spacial score (nSPS) is 10.6. The van der Waals surface area contributed by atoms with E-state index >= 15 is 0 Å². The average molecular weight is 310 g/mol. The van der Waals surface area contributed by atoms with Gasteiger partial charge in [0.2, 0.25) is 0 Å². The standard InChI is InChI=1S/C13H12ClN3O4/c1-7-12(13(18)19)8(2)16(15-7)6-9-3-4-10(14)5-11(9)17(20)21/h3-5H,6H2,1-2H3,(H,18,19). The number of rotatable bonds is 4. The van der Waals surface area contributed by atoms with Gasteiger partial charge in [0.1, 0.15) is 5.56 Å². The third-order valence-corrected chi connectivity index (χ3v) is 3.39. The van der Waals surface area contributed by atoms with Crippen LogP contribution in [0.2, 0.25) is 5.02 Å². The molecule has 2 aromatic rings. The predicted octanol–water partition coefficient (Wildman–Crippen LogP) is 2.81. The molecule has 0 amide bonds. The van der Waals surface area contributed by atoms with Gasteiger partial charge in [-0.15, -0.1) is 0 Å². The van der Waals surface area contributed by atoms with Gasteiger partial charge < -0.3 is 5.11 Å². The molecule has 1 aromatic heterocycles. The van der Waals surface area contributed by atoms with Gasteiger partial charge in [-0.25, -0.2) is 4.79 Å². The molecule has 0 aliphatic rings. The van der Waals surface area contributed by atoms with Crippen molar-refractivity contribution in [3.05, 3.63) is 55.9 Å². The van der Waals surface area contributed by atoms with Gasteiger partial charge >= 0.3 is 5.97 Å². The highest BCUT2D eigenvalue weighted by molar-refractivity contribution is 6.30. The summed E-state index contributed by atoms with van der Waals surface area (Å²) in [7, 11) is 0. The molecule has 0 unspecified atom stereocenters. The molecule has 2 rings (SSSR count). The zero-order valence-electron chi connectivity index (χ0n) is 11.3. The van der Waals surface area contributed by atoms with Crippen LogP contribution in [0.25, 0.3) is 0 Å². The molecule has 8 heteroatoms. The summed E-state index contributed by atoms with van der Waals surface area (Å²) < 4.78 is 1.44. The summed E-state index contributed by atoms with van der Waals surface area (Å²) in [6.45, 7) is 3.31. The molecular formula is C13H12ClN3O4. The first-order valence-corrected chi connectivity index (χ1v) is 6.39. The number of carboxylic acid groups (broad SMARTS) is 1. The number of benzene rings is 1. The van der Waals surface area contributed by atoms with Crippen LogP contribution in [0, 0.1) is 24.0 Å². The van der Waals surface area contributed by atoms with Gasteiger partial charge in [-0.05, 0) is 26.0 Å². The van der Waals surface area contributed by atoms with Crippen LogP contribution in [0.4, 0.5) is 5.69 Å². The van der Waals surface area contributed by atoms with Crippen molar-refractivity contribution in [3.8, 4) is 0 Å². The molecular weight excluding hydrogens is 298 g/mol. The average Bonchev–Trinajstić information content (AvgIpc) is 2.66. The molecule has 21 heavy (non-hydrogen) atoms. The lowest BCUT2D eigenvalue weighted by Crippen LogP contribution is -2.07. The van der Waals surface area contributed by atoms with Gasteiger partial charge in [-0.3, -0.25) is 14.8 Å². The number of nitrogens with zero attached hydrogens (tertiary/aromatic N) is 3. The Morgan fingerprint density at radius 1 is 1.48 bits per heavy atom. The highest BCUT2D eigenvalue weighted by atomic mass is 35.5. The molecule has 0 fully saturated rings. The van der Waals surface area contributed by atoms with Crippen molar-refractivity contribution < 1.29 is 14.8 Å². The molecule has 0 spiro atoms. The summed E-state index contributed by atoms with van der Waals surface area (Å²) in [6, 6.07) is 4.35.